The van der Waals surface area contributed by atoms with Gasteiger partial charge in [0.15, 0.2) is 5.92 Å². The number of aryl methyl sites for hydroxylation is 1. The van der Waals surface area contributed by atoms with Crippen LogP contribution in [0.5, 0.6) is 0 Å². The molecular formula is C15H17N3O4. The second-order valence-corrected chi connectivity index (χ2v) is 4.86. The smallest absolute Gasteiger partial charge is 0.335 e. The van der Waals surface area contributed by atoms with Gasteiger partial charge in [0.2, 0.25) is 5.91 Å². The molecule has 22 heavy (non-hydrogen) atoms. The van der Waals surface area contributed by atoms with Crippen molar-refractivity contribution < 1.29 is 19.5 Å². The summed E-state index contributed by atoms with van der Waals surface area (Å²) in [5, 5.41) is 10.9. The van der Waals surface area contributed by atoms with Crippen LogP contribution in [-0.4, -0.2) is 42.3 Å². The van der Waals surface area contributed by atoms with Gasteiger partial charge in [0, 0.05) is 19.4 Å². The lowest BCUT2D eigenvalue weighted by molar-refractivity contribution is -0.131. The van der Waals surface area contributed by atoms with Crippen LogP contribution in [0.4, 0.5) is 10.5 Å². The molecule has 7 nitrogen and oxygen atoms in total. The third-order valence-corrected chi connectivity index (χ3v) is 3.26. The van der Waals surface area contributed by atoms with E-state index in [1.165, 1.54) is 6.21 Å². The van der Waals surface area contributed by atoms with Gasteiger partial charge in [-0.25, -0.2) is 9.69 Å². The number of nitrogens with one attached hydrogen (secondary N) is 1. The first-order valence-electron chi connectivity index (χ1n) is 6.91. The predicted molar refractivity (Wildman–Crippen MR) is 80.8 cm³/mol. The van der Waals surface area contributed by atoms with Crippen molar-refractivity contribution in [1.82, 2.24) is 5.32 Å². The molecular weight excluding hydrogens is 286 g/mol. The topological polar surface area (TPSA) is 99.1 Å². The van der Waals surface area contributed by atoms with Crippen LogP contribution in [0.25, 0.3) is 0 Å². The molecule has 2 rings (SSSR count). The third kappa shape index (κ3) is 3.20. The number of aliphatic imine (C=N–C) groups is 1. The summed E-state index contributed by atoms with van der Waals surface area (Å²) in [6, 6.07) is 6.16. The fourth-order valence-electron chi connectivity index (χ4n) is 2.11. The predicted octanol–water partition coefficient (Wildman–Crippen LogP) is 0.647. The minimum atomic E-state index is -1.14. The van der Waals surface area contributed by atoms with Gasteiger partial charge in [0.25, 0.3) is 5.91 Å². The quantitative estimate of drug-likeness (QED) is 0.474. The molecule has 1 aromatic rings. The second-order valence-electron chi connectivity index (χ2n) is 4.86. The summed E-state index contributed by atoms with van der Waals surface area (Å²) in [5.74, 6) is -2.46. The zero-order valence-electron chi connectivity index (χ0n) is 12.2. The standard InChI is InChI=1S/C15H17N3O4/c1-10-5-2-3-6-12(10)18-14(21)11(9-16-7-4-8-19)13(20)17-15(18)22/h2-3,5-6,9,11,19H,4,7-8H2,1H3,(H,17,20,22)/t11-/m1/s1. The lowest BCUT2D eigenvalue weighted by atomic mass is 10.0. The maximum atomic E-state index is 12.5. The number of barbiturate groups is 1. The van der Waals surface area contributed by atoms with Gasteiger partial charge in [-0.2, -0.15) is 0 Å². The fourth-order valence-corrected chi connectivity index (χ4v) is 2.11. The molecule has 1 fully saturated rings. The Morgan fingerprint density at radius 3 is 2.73 bits per heavy atom. The van der Waals surface area contributed by atoms with E-state index in [1.807, 2.05) is 0 Å². The van der Waals surface area contributed by atoms with Crippen LogP contribution in [0.3, 0.4) is 0 Å². The fraction of sp³-hybridized carbons (Fsp3) is 0.333. The van der Waals surface area contributed by atoms with Gasteiger partial charge in [-0.1, -0.05) is 18.2 Å². The third-order valence-electron chi connectivity index (χ3n) is 3.26. The maximum Gasteiger partial charge on any atom is 0.335 e. The largest absolute Gasteiger partial charge is 0.396 e. The minimum Gasteiger partial charge on any atom is -0.396 e. The highest BCUT2D eigenvalue weighted by atomic mass is 16.3. The van der Waals surface area contributed by atoms with E-state index in [0.717, 1.165) is 10.5 Å². The highest BCUT2D eigenvalue weighted by Crippen LogP contribution is 2.23. The van der Waals surface area contributed by atoms with Crippen molar-refractivity contribution >= 4 is 29.7 Å². The molecule has 0 bridgehead atoms. The van der Waals surface area contributed by atoms with Crippen LogP contribution in [0.15, 0.2) is 29.3 Å². The van der Waals surface area contributed by atoms with E-state index in [9.17, 15) is 14.4 Å². The number of amides is 4. The number of carbonyl (C=O) groups is 3. The number of urea groups is 1. The van der Waals surface area contributed by atoms with Crippen molar-refractivity contribution in [2.75, 3.05) is 18.1 Å². The van der Waals surface area contributed by atoms with E-state index in [1.54, 1.807) is 31.2 Å². The number of hydrogen-bond donors (Lipinski definition) is 2. The van der Waals surface area contributed by atoms with Crippen molar-refractivity contribution in [2.24, 2.45) is 10.9 Å². The average molecular weight is 303 g/mol. The zero-order chi connectivity index (χ0) is 16.1. The number of para-hydroxylation sites is 1. The molecule has 0 radical (unpaired) electrons. The highest BCUT2D eigenvalue weighted by Gasteiger charge is 2.40. The number of rotatable bonds is 5. The summed E-state index contributed by atoms with van der Waals surface area (Å²) in [6.07, 6.45) is 1.67. The maximum absolute atomic E-state index is 12.5. The van der Waals surface area contributed by atoms with Crippen LogP contribution in [0.1, 0.15) is 12.0 Å². The number of anilines is 1. The number of aliphatic hydroxyl groups excluding tert-OH is 1. The molecule has 1 aromatic carbocycles. The SMILES string of the molecule is Cc1ccccc1N1C(=O)NC(=O)[C@@H](C=NCCCO)C1=O. The number of carbonyl (C=O) groups excluding carboxylic acids is 3. The molecule has 116 valence electrons. The van der Waals surface area contributed by atoms with E-state index in [2.05, 4.69) is 10.3 Å². The van der Waals surface area contributed by atoms with Crippen molar-refractivity contribution in [2.45, 2.75) is 13.3 Å². The summed E-state index contributed by atoms with van der Waals surface area (Å²) >= 11 is 0. The Morgan fingerprint density at radius 2 is 2.05 bits per heavy atom. The van der Waals surface area contributed by atoms with Crippen LogP contribution in [0, 0.1) is 12.8 Å². The molecule has 1 saturated heterocycles. The van der Waals surface area contributed by atoms with E-state index < -0.39 is 23.8 Å². The minimum absolute atomic E-state index is 0.0179. The number of nitrogens with zero attached hydrogens (tertiary/aromatic N) is 2. The molecule has 1 atom stereocenters. The van der Waals surface area contributed by atoms with E-state index >= 15 is 0 Å². The Kier molecular flexibility index (Phi) is 5.00. The Morgan fingerprint density at radius 1 is 1.32 bits per heavy atom. The first-order valence-corrected chi connectivity index (χ1v) is 6.91. The molecule has 0 unspecified atom stereocenters. The van der Waals surface area contributed by atoms with Crippen molar-refractivity contribution in [3.8, 4) is 0 Å². The first-order chi connectivity index (χ1) is 10.6. The van der Waals surface area contributed by atoms with Crippen molar-refractivity contribution in [3.05, 3.63) is 29.8 Å². The lowest BCUT2D eigenvalue weighted by Gasteiger charge is -2.29. The number of imide groups is 2. The number of hydrogen-bond acceptors (Lipinski definition) is 5. The normalized spacial score (nSPS) is 18.9. The highest BCUT2D eigenvalue weighted by molar-refractivity contribution is 6.32. The van der Waals surface area contributed by atoms with E-state index in [0.29, 0.717) is 18.7 Å². The zero-order valence-corrected chi connectivity index (χ0v) is 12.2. The monoisotopic (exact) mass is 303 g/mol. The Hall–Kier alpha value is -2.54. The van der Waals surface area contributed by atoms with E-state index in [-0.39, 0.29) is 6.61 Å². The lowest BCUT2D eigenvalue weighted by Crippen LogP contribution is -2.58. The summed E-state index contributed by atoms with van der Waals surface area (Å²) in [6.45, 7) is 2.07. The molecule has 0 aromatic heterocycles. The molecule has 7 heteroatoms. The molecule has 4 amide bonds. The van der Waals surface area contributed by atoms with Crippen LogP contribution in [0.2, 0.25) is 0 Å². The number of aliphatic hydroxyl groups is 1. The summed E-state index contributed by atoms with van der Waals surface area (Å²) in [5.41, 5.74) is 1.18. The van der Waals surface area contributed by atoms with Gasteiger partial charge in [-0.05, 0) is 25.0 Å². The van der Waals surface area contributed by atoms with Gasteiger partial charge >= 0.3 is 6.03 Å². The van der Waals surface area contributed by atoms with Gasteiger partial charge in [0.05, 0.1) is 5.69 Å². The molecule has 2 N–H and O–H groups in total. The van der Waals surface area contributed by atoms with Gasteiger partial charge in [0.1, 0.15) is 0 Å². The average Bonchev–Trinajstić information content (AvgIpc) is 2.48. The van der Waals surface area contributed by atoms with Crippen LogP contribution >= 0.6 is 0 Å². The first kappa shape index (κ1) is 15.8. The summed E-state index contributed by atoms with van der Waals surface area (Å²) < 4.78 is 0. The Balaban J connectivity index is 2.26. The molecule has 1 aliphatic heterocycles. The molecule has 1 heterocycles. The van der Waals surface area contributed by atoms with Crippen LogP contribution in [-0.2, 0) is 9.59 Å². The van der Waals surface area contributed by atoms with Gasteiger partial charge in [-0.3, -0.25) is 19.9 Å². The van der Waals surface area contributed by atoms with Crippen molar-refractivity contribution in [3.63, 3.8) is 0 Å². The number of benzene rings is 1. The van der Waals surface area contributed by atoms with Crippen molar-refractivity contribution in [1.29, 1.82) is 0 Å². The second kappa shape index (κ2) is 6.95. The summed E-state index contributed by atoms with van der Waals surface area (Å²) in [7, 11) is 0. The molecule has 0 spiro atoms. The van der Waals surface area contributed by atoms with Gasteiger partial charge in [-0.15, -0.1) is 0 Å². The summed E-state index contributed by atoms with van der Waals surface area (Å²) in [4.78, 5) is 41.2. The Labute approximate surface area is 127 Å². The van der Waals surface area contributed by atoms with E-state index in [4.69, 9.17) is 5.11 Å². The molecule has 0 saturated carbocycles. The Bertz CT molecular complexity index is 627. The van der Waals surface area contributed by atoms with Gasteiger partial charge < -0.3 is 5.11 Å². The molecule has 1 aliphatic rings. The van der Waals surface area contributed by atoms with Crippen LogP contribution < -0.4 is 10.2 Å². The molecule has 0 aliphatic carbocycles.